The molecular formula is C12H21Cl2NOSiZr. The van der Waals surface area contributed by atoms with Gasteiger partial charge in [-0.2, -0.15) is 0 Å². The minimum atomic E-state index is -1.38. The normalized spacial score (nSPS) is 15.1. The first-order valence-electron chi connectivity index (χ1n) is 5.60. The van der Waals surface area contributed by atoms with Gasteiger partial charge in [0.15, 0.2) is 0 Å². The topological polar surface area (TPSA) is 29.1 Å². The molecule has 0 spiro atoms. The van der Waals surface area contributed by atoms with Crippen LogP contribution in [0.2, 0.25) is 25.2 Å². The number of carbonyl (C=O) groups excluding carboxylic acids is 1. The van der Waals surface area contributed by atoms with Crippen molar-refractivity contribution < 1.29 is 55.8 Å². The predicted molar refractivity (Wildman–Crippen MR) is 67.6 cm³/mol. The fourth-order valence-electron chi connectivity index (χ4n) is 1.98. The summed E-state index contributed by atoms with van der Waals surface area (Å²) in [5.74, 6) is 0.220. The molecule has 0 saturated heterocycles. The third-order valence-electron chi connectivity index (χ3n) is 2.83. The summed E-state index contributed by atoms with van der Waals surface area (Å²) in [6.07, 6.45) is 8.91. The van der Waals surface area contributed by atoms with Crippen molar-refractivity contribution in [1.82, 2.24) is 5.32 Å². The van der Waals surface area contributed by atoms with Gasteiger partial charge in [0, 0.05) is 5.54 Å². The summed E-state index contributed by atoms with van der Waals surface area (Å²) in [7, 11) is -1.38. The molecular weight excluding hydrogens is 364 g/mol. The Morgan fingerprint density at radius 3 is 2.00 bits per heavy atom. The molecule has 18 heavy (non-hydrogen) atoms. The number of hydrogen-bond acceptors (Lipinski definition) is 1. The first-order chi connectivity index (χ1) is 6.95. The van der Waals surface area contributed by atoms with Crippen molar-refractivity contribution in [3.05, 3.63) is 24.3 Å². The SMILES string of the molecule is CCC(C(=O)NC1C=CC=C1)[Si](C)(C)C.[Cl-].[Cl-].[Zr+2]. The van der Waals surface area contributed by atoms with E-state index in [1.54, 1.807) is 0 Å². The molecule has 0 aromatic rings. The molecule has 102 valence electrons. The number of carbonyl (C=O) groups is 1. The molecule has 0 aromatic heterocycles. The number of hydrogen-bond donors (Lipinski definition) is 1. The minimum Gasteiger partial charge on any atom is -1.00 e. The molecule has 1 N–H and O–H groups in total. The van der Waals surface area contributed by atoms with Crippen molar-refractivity contribution in [1.29, 1.82) is 0 Å². The van der Waals surface area contributed by atoms with Gasteiger partial charge in [-0.1, -0.05) is 50.9 Å². The van der Waals surface area contributed by atoms with Crippen molar-refractivity contribution in [3.63, 3.8) is 0 Å². The summed E-state index contributed by atoms with van der Waals surface area (Å²) in [5.41, 5.74) is 0.222. The van der Waals surface area contributed by atoms with Crippen LogP contribution in [0.5, 0.6) is 0 Å². The van der Waals surface area contributed by atoms with Crippen molar-refractivity contribution in [3.8, 4) is 0 Å². The van der Waals surface area contributed by atoms with Crippen molar-refractivity contribution >= 4 is 14.0 Å². The molecule has 6 heteroatoms. The van der Waals surface area contributed by atoms with Gasteiger partial charge in [0.1, 0.15) is 0 Å². The molecule has 0 fully saturated rings. The largest absolute Gasteiger partial charge is 2.00 e. The zero-order valence-electron chi connectivity index (χ0n) is 11.3. The van der Waals surface area contributed by atoms with Gasteiger partial charge < -0.3 is 30.1 Å². The summed E-state index contributed by atoms with van der Waals surface area (Å²) in [5, 5.41) is 3.06. The quantitative estimate of drug-likeness (QED) is 0.506. The molecule has 1 atom stereocenters. The smallest absolute Gasteiger partial charge is 1.00 e. The average molecular weight is 386 g/mol. The molecule has 1 amide bonds. The Balaban J connectivity index is -0.000000750. The van der Waals surface area contributed by atoms with E-state index < -0.39 is 8.07 Å². The van der Waals surface area contributed by atoms with E-state index in [1.165, 1.54) is 0 Å². The van der Waals surface area contributed by atoms with Crippen LogP contribution in [0.4, 0.5) is 0 Å². The van der Waals surface area contributed by atoms with Crippen LogP contribution in [0, 0.1) is 0 Å². The van der Waals surface area contributed by atoms with Crippen LogP contribution < -0.4 is 30.1 Å². The average Bonchev–Trinajstić information content (AvgIpc) is 2.54. The van der Waals surface area contributed by atoms with Crippen molar-refractivity contribution in [2.45, 2.75) is 44.6 Å². The molecule has 0 saturated carbocycles. The maximum atomic E-state index is 12.0. The van der Waals surface area contributed by atoms with Crippen molar-refractivity contribution in [2.75, 3.05) is 0 Å². The second-order valence-corrected chi connectivity index (χ2v) is 10.6. The second-order valence-electron chi connectivity index (χ2n) is 5.13. The van der Waals surface area contributed by atoms with Gasteiger partial charge in [-0.05, 0) is 6.42 Å². The molecule has 1 unspecified atom stereocenters. The summed E-state index contributed by atoms with van der Waals surface area (Å²) >= 11 is 0. The van der Waals surface area contributed by atoms with Crippen LogP contribution in [0.25, 0.3) is 0 Å². The van der Waals surface area contributed by atoms with Gasteiger partial charge >= 0.3 is 26.2 Å². The van der Waals surface area contributed by atoms with E-state index >= 15 is 0 Å². The second kappa shape index (κ2) is 10.4. The third-order valence-corrected chi connectivity index (χ3v) is 5.59. The van der Waals surface area contributed by atoms with Crippen LogP contribution in [-0.4, -0.2) is 20.0 Å². The molecule has 0 aliphatic heterocycles. The Kier molecular flexibility index (Phi) is 13.7. The maximum absolute atomic E-state index is 12.0. The van der Waals surface area contributed by atoms with E-state index in [9.17, 15) is 4.79 Å². The van der Waals surface area contributed by atoms with E-state index in [2.05, 4.69) is 31.9 Å². The van der Waals surface area contributed by atoms with Crippen LogP contribution in [0.15, 0.2) is 24.3 Å². The number of allylic oxidation sites excluding steroid dienone is 2. The van der Waals surface area contributed by atoms with E-state index in [1.807, 2.05) is 24.3 Å². The van der Waals surface area contributed by atoms with Gasteiger partial charge in [-0.3, -0.25) is 4.79 Å². The zero-order valence-corrected chi connectivity index (χ0v) is 16.3. The van der Waals surface area contributed by atoms with E-state index in [-0.39, 0.29) is 68.5 Å². The monoisotopic (exact) mass is 383 g/mol. The minimum absolute atomic E-state index is 0. The first kappa shape index (κ1) is 23.7. The first-order valence-corrected chi connectivity index (χ1v) is 9.18. The van der Waals surface area contributed by atoms with Gasteiger partial charge in [0.05, 0.1) is 14.1 Å². The fraction of sp³-hybridized carbons (Fsp3) is 0.583. The third kappa shape index (κ3) is 7.28. The van der Waals surface area contributed by atoms with Gasteiger partial charge in [0.25, 0.3) is 0 Å². The summed E-state index contributed by atoms with van der Waals surface area (Å²) in [6.45, 7) is 8.85. The molecule has 0 aromatic carbocycles. The number of rotatable bonds is 4. The zero-order chi connectivity index (χ0) is 11.5. The van der Waals surface area contributed by atoms with Gasteiger partial charge in [0.2, 0.25) is 5.91 Å². The molecule has 1 aliphatic carbocycles. The summed E-state index contributed by atoms with van der Waals surface area (Å²) in [6, 6.07) is 0.114. The Morgan fingerprint density at radius 2 is 1.67 bits per heavy atom. The van der Waals surface area contributed by atoms with Crippen LogP contribution in [-0.2, 0) is 31.0 Å². The standard InChI is InChI=1S/C12H21NOSi.2ClH.Zr/c1-5-11(15(2,3)4)12(14)13-10-8-6-7-9-10;;;/h6-11H,5H2,1-4H3,(H,13,14);2*1H;/q;;;+2/p-2. The molecule has 0 heterocycles. The van der Waals surface area contributed by atoms with Crippen LogP contribution in [0.3, 0.4) is 0 Å². The molecule has 1 aliphatic rings. The van der Waals surface area contributed by atoms with Crippen LogP contribution in [0.1, 0.15) is 13.3 Å². The number of nitrogens with one attached hydrogen (secondary N) is 1. The summed E-state index contributed by atoms with van der Waals surface area (Å²) in [4.78, 5) is 12.0. The Bertz CT molecular complexity index is 291. The maximum Gasteiger partial charge on any atom is 2.00 e. The van der Waals surface area contributed by atoms with E-state index in [0.717, 1.165) is 6.42 Å². The van der Waals surface area contributed by atoms with Gasteiger partial charge in [-0.15, -0.1) is 0 Å². The molecule has 0 radical (unpaired) electrons. The van der Waals surface area contributed by atoms with Gasteiger partial charge in [-0.25, -0.2) is 0 Å². The number of amides is 1. The van der Waals surface area contributed by atoms with Crippen molar-refractivity contribution in [2.24, 2.45) is 0 Å². The van der Waals surface area contributed by atoms with E-state index in [4.69, 9.17) is 0 Å². The molecule has 2 nitrogen and oxygen atoms in total. The number of halogens is 2. The summed E-state index contributed by atoms with van der Waals surface area (Å²) < 4.78 is 0. The van der Waals surface area contributed by atoms with E-state index in [0.29, 0.717) is 0 Å². The predicted octanol–water partition coefficient (Wildman–Crippen LogP) is -3.28. The molecule has 0 bridgehead atoms. The fourth-order valence-corrected chi connectivity index (χ4v) is 4.08. The van der Waals surface area contributed by atoms with Crippen LogP contribution >= 0.6 is 0 Å². The Labute approximate surface area is 143 Å². The Morgan fingerprint density at radius 1 is 1.22 bits per heavy atom. The molecule has 1 rings (SSSR count). The Hall–Kier alpha value is 0.630.